The van der Waals surface area contributed by atoms with Crippen LogP contribution < -0.4 is 15.4 Å². The van der Waals surface area contributed by atoms with Gasteiger partial charge >= 0.3 is 6.36 Å². The molecule has 1 saturated heterocycles. The lowest BCUT2D eigenvalue weighted by Gasteiger charge is -2.30. The molecule has 0 aliphatic carbocycles. The maximum absolute atomic E-state index is 13.5. The van der Waals surface area contributed by atoms with Gasteiger partial charge in [0.2, 0.25) is 11.9 Å². The van der Waals surface area contributed by atoms with E-state index < -0.39 is 46.5 Å². The molecule has 1 fully saturated rings. The lowest BCUT2D eigenvalue weighted by atomic mass is 9.74. The number of aromatic nitrogens is 2. The Morgan fingerprint density at radius 3 is 2.66 bits per heavy atom. The van der Waals surface area contributed by atoms with Crippen molar-refractivity contribution >= 4 is 23.2 Å². The minimum atomic E-state index is -4.96. The summed E-state index contributed by atoms with van der Waals surface area (Å²) >= 11 is 6.45. The summed E-state index contributed by atoms with van der Waals surface area (Å²) in [5.74, 6) is -2.34. The number of ether oxygens (including phenoxy) is 1. The zero-order valence-electron chi connectivity index (χ0n) is 17.7. The number of alkyl halides is 3. The SMILES string of the molecule is O=C1Nc2ccc(OC(F)(F)F)cc2[C@@]12N[C@H](Cc1cnc[nH]1)[C@@H]([N+](=O)[O-])[C@@H]2c1ccccc1Cl. The van der Waals surface area contributed by atoms with Crippen molar-refractivity contribution in [2.24, 2.45) is 0 Å². The van der Waals surface area contributed by atoms with Gasteiger partial charge in [-0.15, -0.1) is 13.2 Å². The molecular formula is C22H17ClF3N5O4. The van der Waals surface area contributed by atoms with Crippen LogP contribution in [-0.2, 0) is 16.8 Å². The lowest BCUT2D eigenvalue weighted by molar-refractivity contribution is -0.526. The first-order valence-electron chi connectivity index (χ1n) is 10.4. The van der Waals surface area contributed by atoms with Crippen molar-refractivity contribution in [3.8, 4) is 5.75 Å². The lowest BCUT2D eigenvalue weighted by Crippen LogP contribution is -2.49. The second-order valence-corrected chi connectivity index (χ2v) is 8.73. The monoisotopic (exact) mass is 507 g/mol. The van der Waals surface area contributed by atoms with Crippen molar-refractivity contribution in [2.45, 2.75) is 36.3 Å². The third-order valence-corrected chi connectivity index (χ3v) is 6.71. The van der Waals surface area contributed by atoms with Crippen LogP contribution in [0.2, 0.25) is 5.02 Å². The molecule has 0 radical (unpaired) electrons. The Labute approximate surface area is 200 Å². The van der Waals surface area contributed by atoms with Crippen LogP contribution in [0.4, 0.5) is 18.9 Å². The van der Waals surface area contributed by atoms with E-state index in [1.54, 1.807) is 24.3 Å². The highest BCUT2D eigenvalue weighted by Gasteiger charge is 2.67. The van der Waals surface area contributed by atoms with Gasteiger partial charge in [0.15, 0.2) is 0 Å². The number of carbonyl (C=O) groups is 1. The smallest absolute Gasteiger partial charge is 0.406 e. The van der Waals surface area contributed by atoms with Crippen molar-refractivity contribution in [3.05, 3.63) is 86.9 Å². The zero-order valence-corrected chi connectivity index (χ0v) is 18.4. The molecule has 1 amide bonds. The summed E-state index contributed by atoms with van der Waals surface area (Å²) in [6.45, 7) is 0. The van der Waals surface area contributed by atoms with E-state index in [1.165, 1.54) is 18.6 Å². The fourth-order valence-electron chi connectivity index (χ4n) is 5.13. The van der Waals surface area contributed by atoms with Gasteiger partial charge in [-0.3, -0.25) is 20.2 Å². The fourth-order valence-corrected chi connectivity index (χ4v) is 5.38. The number of nitrogens with one attached hydrogen (secondary N) is 3. The summed E-state index contributed by atoms with van der Waals surface area (Å²) in [7, 11) is 0. The van der Waals surface area contributed by atoms with Gasteiger partial charge in [0, 0.05) is 39.5 Å². The topological polar surface area (TPSA) is 122 Å². The number of H-pyrrole nitrogens is 1. The third kappa shape index (κ3) is 3.88. The van der Waals surface area contributed by atoms with Gasteiger partial charge in [-0.05, 0) is 29.8 Å². The van der Waals surface area contributed by atoms with Crippen molar-refractivity contribution in [3.63, 3.8) is 0 Å². The Bertz CT molecular complexity index is 1300. The molecule has 3 N–H and O–H groups in total. The maximum atomic E-state index is 13.5. The van der Waals surface area contributed by atoms with Gasteiger partial charge in [0.1, 0.15) is 11.3 Å². The second kappa shape index (κ2) is 8.24. The number of rotatable bonds is 5. The van der Waals surface area contributed by atoms with Crippen molar-refractivity contribution < 1.29 is 27.6 Å². The minimum absolute atomic E-state index is 0.105. The molecule has 3 aromatic rings. The predicted molar refractivity (Wildman–Crippen MR) is 118 cm³/mol. The number of nitro groups is 1. The molecule has 182 valence electrons. The fraction of sp³-hybridized carbons (Fsp3) is 0.273. The van der Waals surface area contributed by atoms with Crippen molar-refractivity contribution in [2.75, 3.05) is 5.32 Å². The average Bonchev–Trinajstić information content (AvgIpc) is 3.47. The van der Waals surface area contributed by atoms with Crippen LogP contribution in [0.15, 0.2) is 55.0 Å². The van der Waals surface area contributed by atoms with Gasteiger partial charge < -0.3 is 15.0 Å². The van der Waals surface area contributed by atoms with Crippen LogP contribution in [0.1, 0.15) is 22.7 Å². The molecule has 9 nitrogen and oxygen atoms in total. The van der Waals surface area contributed by atoms with Crippen LogP contribution in [0.25, 0.3) is 0 Å². The number of amides is 1. The quantitative estimate of drug-likeness (QED) is 0.357. The molecule has 4 atom stereocenters. The molecule has 2 aliphatic heterocycles. The first-order chi connectivity index (χ1) is 16.6. The standard InChI is InChI=1S/C22H17ClF3N5O4/c23-15-4-2-1-3-13(15)18-19(31(33)34)17(7-11-9-27-10-28-11)30-21(18)14-8-12(35-22(24,25)26)5-6-16(14)29-20(21)32/h1-6,8-10,17-19,30H,7H2,(H,27,28)(H,29,32)/t17-,18+,19-,21+/m1/s1. The molecule has 1 spiro atoms. The highest BCUT2D eigenvalue weighted by molar-refractivity contribution is 6.31. The molecule has 5 rings (SSSR count). The van der Waals surface area contributed by atoms with Crippen LogP contribution in [0.5, 0.6) is 5.75 Å². The Hall–Kier alpha value is -3.64. The van der Waals surface area contributed by atoms with E-state index in [9.17, 15) is 28.1 Å². The highest BCUT2D eigenvalue weighted by Crippen LogP contribution is 2.54. The number of hydrogen-bond acceptors (Lipinski definition) is 6. The summed E-state index contributed by atoms with van der Waals surface area (Å²) in [6, 6.07) is 7.56. The number of anilines is 1. The summed E-state index contributed by atoms with van der Waals surface area (Å²) in [5, 5.41) is 18.4. The molecule has 0 saturated carbocycles. The number of halogens is 4. The molecule has 3 heterocycles. The van der Waals surface area contributed by atoms with E-state index in [4.69, 9.17) is 11.6 Å². The number of nitrogens with zero attached hydrogens (tertiary/aromatic N) is 2. The number of carbonyl (C=O) groups excluding carboxylic acids is 1. The van der Waals surface area contributed by atoms with Gasteiger partial charge in [0.25, 0.3) is 0 Å². The average molecular weight is 508 g/mol. The van der Waals surface area contributed by atoms with Crippen LogP contribution in [0.3, 0.4) is 0 Å². The summed E-state index contributed by atoms with van der Waals surface area (Å²) in [5.41, 5.74) is -0.558. The molecule has 2 aliphatic rings. The van der Waals surface area contributed by atoms with Crippen molar-refractivity contribution in [1.29, 1.82) is 0 Å². The van der Waals surface area contributed by atoms with E-state index in [1.807, 2.05) is 0 Å². The predicted octanol–water partition coefficient (Wildman–Crippen LogP) is 3.75. The largest absolute Gasteiger partial charge is 0.573 e. The normalized spacial score (nSPS) is 25.5. The molecular weight excluding hydrogens is 491 g/mol. The first-order valence-corrected chi connectivity index (χ1v) is 10.8. The maximum Gasteiger partial charge on any atom is 0.573 e. The number of hydrogen-bond donors (Lipinski definition) is 3. The Morgan fingerprint density at radius 2 is 2.00 bits per heavy atom. The molecule has 0 bridgehead atoms. The van der Waals surface area contributed by atoms with E-state index in [0.717, 1.165) is 12.1 Å². The van der Waals surface area contributed by atoms with E-state index in [-0.39, 0.29) is 22.7 Å². The van der Waals surface area contributed by atoms with Gasteiger partial charge in [-0.2, -0.15) is 0 Å². The number of imidazole rings is 1. The number of fused-ring (bicyclic) bond motifs is 2. The summed E-state index contributed by atoms with van der Waals surface area (Å²) < 4.78 is 42.9. The zero-order chi connectivity index (χ0) is 25.0. The van der Waals surface area contributed by atoms with Crippen LogP contribution in [0, 0.1) is 10.1 Å². The third-order valence-electron chi connectivity index (χ3n) is 6.37. The Morgan fingerprint density at radius 1 is 1.23 bits per heavy atom. The molecule has 13 heteroatoms. The highest BCUT2D eigenvalue weighted by atomic mass is 35.5. The van der Waals surface area contributed by atoms with Gasteiger partial charge in [0.05, 0.1) is 18.3 Å². The Kier molecular flexibility index (Phi) is 5.44. The molecule has 0 unspecified atom stereocenters. The van der Waals surface area contributed by atoms with Crippen molar-refractivity contribution in [1.82, 2.24) is 15.3 Å². The number of aromatic amines is 1. The first kappa shape index (κ1) is 23.1. The Balaban J connectivity index is 1.71. The molecule has 1 aromatic heterocycles. The van der Waals surface area contributed by atoms with Crippen LogP contribution >= 0.6 is 11.6 Å². The van der Waals surface area contributed by atoms with Crippen LogP contribution in [-0.4, -0.2) is 39.2 Å². The van der Waals surface area contributed by atoms with E-state index >= 15 is 0 Å². The second-order valence-electron chi connectivity index (χ2n) is 8.32. The van der Waals surface area contributed by atoms with E-state index in [0.29, 0.717) is 11.3 Å². The molecule has 35 heavy (non-hydrogen) atoms. The summed E-state index contributed by atoms with van der Waals surface area (Å²) in [4.78, 5) is 32.3. The van der Waals surface area contributed by atoms with Gasteiger partial charge in [-0.25, -0.2) is 4.98 Å². The van der Waals surface area contributed by atoms with Gasteiger partial charge in [-0.1, -0.05) is 29.8 Å². The minimum Gasteiger partial charge on any atom is -0.406 e. The summed E-state index contributed by atoms with van der Waals surface area (Å²) in [6.07, 6.45) is -1.93. The number of benzene rings is 2. The molecule has 2 aromatic carbocycles. The van der Waals surface area contributed by atoms with E-state index in [2.05, 4.69) is 25.3 Å².